The molecule has 1 fully saturated rings. The minimum atomic E-state index is -0.750. The van der Waals surface area contributed by atoms with E-state index in [0.29, 0.717) is 19.4 Å². The lowest BCUT2D eigenvalue weighted by Crippen LogP contribution is -2.56. The molecule has 1 aliphatic rings. The maximum atomic E-state index is 11.3. The number of hydrogen-bond acceptors (Lipinski definition) is 3. The smallest absolute Gasteiger partial charge is 0.323 e. The maximum Gasteiger partial charge on any atom is 0.323 e. The highest BCUT2D eigenvalue weighted by molar-refractivity contribution is 5.80. The van der Waals surface area contributed by atoms with Crippen LogP contribution in [0.3, 0.4) is 0 Å². The first-order valence-electron chi connectivity index (χ1n) is 6.53. The highest BCUT2D eigenvalue weighted by Crippen LogP contribution is 2.32. The van der Waals surface area contributed by atoms with Crippen molar-refractivity contribution in [1.82, 2.24) is 10.3 Å². The summed E-state index contributed by atoms with van der Waals surface area (Å²) in [6.07, 6.45) is 2.39. The number of hydrogen-bond donors (Lipinski definition) is 2. The zero-order valence-electron chi connectivity index (χ0n) is 10.6. The molecule has 0 saturated heterocycles. The fourth-order valence-electron chi connectivity index (χ4n) is 2.46. The first-order valence-corrected chi connectivity index (χ1v) is 6.53. The van der Waals surface area contributed by atoms with E-state index in [1.54, 1.807) is 0 Å². The van der Waals surface area contributed by atoms with Crippen LogP contribution in [0.1, 0.15) is 25.0 Å². The van der Waals surface area contributed by atoms with Crippen LogP contribution in [-0.2, 0) is 11.3 Å². The summed E-state index contributed by atoms with van der Waals surface area (Å²) in [6.45, 7) is 0.497. The van der Waals surface area contributed by atoms with Crippen molar-refractivity contribution in [3.05, 3.63) is 42.1 Å². The largest absolute Gasteiger partial charge is 0.480 e. The molecular formula is C15H16N2O2. The molecule has 1 aromatic carbocycles. The first kappa shape index (κ1) is 12.1. The number of nitrogens with one attached hydrogen (secondary N) is 1. The molecule has 2 aromatic rings. The lowest BCUT2D eigenvalue weighted by Gasteiger charge is -2.38. The summed E-state index contributed by atoms with van der Waals surface area (Å²) < 4.78 is 0. The number of nitrogens with zero attached hydrogens (tertiary/aromatic N) is 1. The number of aliphatic carboxylic acids is 1. The number of rotatable bonds is 4. The van der Waals surface area contributed by atoms with E-state index in [1.807, 2.05) is 36.4 Å². The van der Waals surface area contributed by atoms with Gasteiger partial charge in [0, 0.05) is 11.9 Å². The van der Waals surface area contributed by atoms with Crippen molar-refractivity contribution in [3.8, 4) is 0 Å². The lowest BCUT2D eigenvalue weighted by molar-refractivity contribution is -0.148. The molecule has 98 valence electrons. The molecule has 0 bridgehead atoms. The fraction of sp³-hybridized carbons (Fsp3) is 0.333. The molecule has 19 heavy (non-hydrogen) atoms. The second kappa shape index (κ2) is 4.63. The van der Waals surface area contributed by atoms with Crippen LogP contribution in [0.25, 0.3) is 10.9 Å². The second-order valence-electron chi connectivity index (χ2n) is 5.09. The summed E-state index contributed by atoms with van der Waals surface area (Å²) in [5.74, 6) is -0.750. The Hall–Kier alpha value is -1.94. The van der Waals surface area contributed by atoms with Crippen LogP contribution in [0.4, 0.5) is 0 Å². The van der Waals surface area contributed by atoms with Crippen molar-refractivity contribution in [1.29, 1.82) is 0 Å². The highest BCUT2D eigenvalue weighted by atomic mass is 16.4. The molecule has 0 amide bonds. The van der Waals surface area contributed by atoms with E-state index in [-0.39, 0.29) is 0 Å². The molecule has 0 radical (unpaired) electrons. The van der Waals surface area contributed by atoms with Gasteiger partial charge in [-0.1, -0.05) is 24.3 Å². The number of pyridine rings is 1. The molecule has 4 heteroatoms. The van der Waals surface area contributed by atoms with E-state index in [2.05, 4.69) is 10.3 Å². The van der Waals surface area contributed by atoms with Gasteiger partial charge in [0.25, 0.3) is 0 Å². The van der Waals surface area contributed by atoms with E-state index in [9.17, 15) is 9.90 Å². The molecule has 4 nitrogen and oxygen atoms in total. The van der Waals surface area contributed by atoms with Gasteiger partial charge in [-0.05, 0) is 31.4 Å². The Kier molecular flexibility index (Phi) is 2.95. The molecule has 0 unspecified atom stereocenters. The minimum Gasteiger partial charge on any atom is -0.480 e. The van der Waals surface area contributed by atoms with Gasteiger partial charge in [0.05, 0.1) is 11.2 Å². The third-order valence-electron chi connectivity index (χ3n) is 3.88. The van der Waals surface area contributed by atoms with E-state index >= 15 is 0 Å². The van der Waals surface area contributed by atoms with Crippen molar-refractivity contribution >= 4 is 16.9 Å². The average Bonchev–Trinajstić information content (AvgIpc) is 2.37. The maximum absolute atomic E-state index is 11.3. The predicted octanol–water partition coefficient (Wildman–Crippen LogP) is 2.33. The lowest BCUT2D eigenvalue weighted by atomic mass is 9.77. The molecular weight excluding hydrogens is 240 g/mol. The van der Waals surface area contributed by atoms with Crippen LogP contribution in [0.15, 0.2) is 36.4 Å². The van der Waals surface area contributed by atoms with E-state index in [4.69, 9.17) is 0 Å². The number of fused-ring (bicyclic) bond motifs is 1. The zero-order valence-corrected chi connectivity index (χ0v) is 10.6. The van der Waals surface area contributed by atoms with Gasteiger partial charge in [0.2, 0.25) is 0 Å². The molecule has 1 saturated carbocycles. The van der Waals surface area contributed by atoms with Crippen molar-refractivity contribution in [2.24, 2.45) is 0 Å². The van der Waals surface area contributed by atoms with E-state index < -0.39 is 11.5 Å². The van der Waals surface area contributed by atoms with E-state index in [0.717, 1.165) is 23.0 Å². The van der Waals surface area contributed by atoms with Crippen molar-refractivity contribution in [3.63, 3.8) is 0 Å². The van der Waals surface area contributed by atoms with Gasteiger partial charge < -0.3 is 5.11 Å². The van der Waals surface area contributed by atoms with Gasteiger partial charge >= 0.3 is 5.97 Å². The van der Waals surface area contributed by atoms with Gasteiger partial charge in [-0.2, -0.15) is 0 Å². The van der Waals surface area contributed by atoms with Crippen LogP contribution < -0.4 is 5.32 Å². The molecule has 0 aliphatic heterocycles. The van der Waals surface area contributed by atoms with Gasteiger partial charge in [-0.15, -0.1) is 0 Å². The van der Waals surface area contributed by atoms with Gasteiger partial charge in [0.1, 0.15) is 5.54 Å². The molecule has 2 N–H and O–H groups in total. The molecule has 1 heterocycles. The number of carboxylic acids is 1. The Morgan fingerprint density at radius 3 is 2.74 bits per heavy atom. The summed E-state index contributed by atoms with van der Waals surface area (Å²) in [4.78, 5) is 15.8. The second-order valence-corrected chi connectivity index (χ2v) is 5.09. The number of carbonyl (C=O) groups is 1. The number of para-hydroxylation sites is 1. The minimum absolute atomic E-state index is 0.497. The quantitative estimate of drug-likeness (QED) is 0.881. The third-order valence-corrected chi connectivity index (χ3v) is 3.88. The van der Waals surface area contributed by atoms with Crippen molar-refractivity contribution in [2.75, 3.05) is 0 Å². The Bertz CT molecular complexity index is 620. The normalized spacial score (nSPS) is 17.1. The van der Waals surface area contributed by atoms with E-state index in [1.165, 1.54) is 0 Å². The monoisotopic (exact) mass is 256 g/mol. The summed E-state index contributed by atoms with van der Waals surface area (Å²) in [5, 5.41) is 13.5. The average molecular weight is 256 g/mol. The topological polar surface area (TPSA) is 62.2 Å². The van der Waals surface area contributed by atoms with Crippen LogP contribution in [0, 0.1) is 0 Å². The first-order chi connectivity index (χ1) is 9.20. The summed E-state index contributed by atoms with van der Waals surface area (Å²) in [6, 6.07) is 11.9. The van der Waals surface area contributed by atoms with Crippen LogP contribution in [0.5, 0.6) is 0 Å². The standard InChI is InChI=1S/C15H16N2O2/c18-14(19)15(8-3-9-15)16-10-12-7-6-11-4-1-2-5-13(11)17-12/h1-2,4-7,16H,3,8-10H2,(H,18,19). The molecule has 1 aliphatic carbocycles. The summed E-state index contributed by atoms with van der Waals surface area (Å²) >= 11 is 0. The van der Waals surface area contributed by atoms with Gasteiger partial charge in [-0.3, -0.25) is 15.1 Å². The van der Waals surface area contributed by atoms with Gasteiger partial charge in [-0.25, -0.2) is 0 Å². The molecule has 0 spiro atoms. The number of benzene rings is 1. The Balaban J connectivity index is 1.76. The molecule has 3 rings (SSSR count). The number of aromatic nitrogens is 1. The fourth-order valence-corrected chi connectivity index (χ4v) is 2.46. The summed E-state index contributed by atoms with van der Waals surface area (Å²) in [5.41, 5.74) is 1.10. The van der Waals surface area contributed by atoms with Crippen LogP contribution >= 0.6 is 0 Å². The number of carboxylic acid groups (broad SMARTS) is 1. The third kappa shape index (κ3) is 2.19. The Labute approximate surface area is 111 Å². The molecule has 0 atom stereocenters. The zero-order chi connectivity index (χ0) is 13.3. The van der Waals surface area contributed by atoms with Crippen LogP contribution in [0.2, 0.25) is 0 Å². The van der Waals surface area contributed by atoms with Crippen molar-refractivity contribution < 1.29 is 9.90 Å². The Morgan fingerprint density at radius 2 is 2.05 bits per heavy atom. The van der Waals surface area contributed by atoms with Gasteiger partial charge in [0.15, 0.2) is 0 Å². The molecule has 1 aromatic heterocycles. The Morgan fingerprint density at radius 1 is 1.26 bits per heavy atom. The predicted molar refractivity (Wildman–Crippen MR) is 72.8 cm³/mol. The van der Waals surface area contributed by atoms with Crippen molar-refractivity contribution in [2.45, 2.75) is 31.3 Å². The highest BCUT2D eigenvalue weighted by Gasteiger charge is 2.43. The summed E-state index contributed by atoms with van der Waals surface area (Å²) in [7, 11) is 0. The van der Waals surface area contributed by atoms with Crippen LogP contribution in [-0.4, -0.2) is 21.6 Å². The SMILES string of the molecule is O=C(O)C1(NCc2ccc3ccccc3n2)CCC1.